The number of ether oxygens (including phenoxy) is 1. The number of piperazine rings is 1. The van der Waals surface area contributed by atoms with Gasteiger partial charge in [-0.3, -0.25) is 4.79 Å². The van der Waals surface area contributed by atoms with Crippen LogP contribution in [0.3, 0.4) is 0 Å². The molecule has 0 N–H and O–H groups in total. The Morgan fingerprint density at radius 1 is 1.12 bits per heavy atom. The largest absolute Gasteiger partial charge is 0.497 e. The number of unbranched alkanes of at least 4 members (excludes halogenated alkanes) is 2. The molecule has 1 atom stereocenters. The van der Waals surface area contributed by atoms with E-state index >= 15 is 0 Å². The Morgan fingerprint density at radius 2 is 1.94 bits per heavy atom. The highest BCUT2D eigenvalue weighted by molar-refractivity contribution is 7.09. The first-order chi connectivity index (χ1) is 16.6. The number of aromatic nitrogens is 2. The smallest absolute Gasteiger partial charge is 0.254 e. The molecule has 4 rings (SSSR count). The number of benzene rings is 2. The summed E-state index contributed by atoms with van der Waals surface area (Å²) in [5.74, 6) is 1.77. The molecule has 180 valence electrons. The minimum atomic E-state index is 0.108. The lowest BCUT2D eigenvalue weighted by molar-refractivity contribution is 0.0674. The van der Waals surface area contributed by atoms with E-state index in [4.69, 9.17) is 9.72 Å². The maximum atomic E-state index is 13.2. The Kier molecular flexibility index (Phi) is 8.16. The fourth-order valence-electron chi connectivity index (χ4n) is 4.40. The lowest BCUT2D eigenvalue weighted by Crippen LogP contribution is -2.54. The molecule has 1 aliphatic rings. The molecular formula is C27H34N4O2S. The maximum Gasteiger partial charge on any atom is 0.254 e. The maximum absolute atomic E-state index is 13.2. The van der Waals surface area contributed by atoms with Gasteiger partial charge in [0, 0.05) is 49.2 Å². The Bertz CT molecular complexity index is 1080. The molecule has 1 amide bonds. The molecule has 7 heteroatoms. The number of hydrogen-bond acceptors (Lipinski definition) is 6. The summed E-state index contributed by atoms with van der Waals surface area (Å²) in [5, 5.41) is 0.924. The van der Waals surface area contributed by atoms with E-state index < -0.39 is 0 Å². The summed E-state index contributed by atoms with van der Waals surface area (Å²) in [6.07, 6.45) is 5.44. The van der Waals surface area contributed by atoms with Crippen LogP contribution in [0.5, 0.6) is 5.75 Å². The van der Waals surface area contributed by atoms with E-state index in [9.17, 15) is 4.79 Å². The van der Waals surface area contributed by atoms with Crippen LogP contribution in [-0.4, -0.2) is 53.0 Å². The van der Waals surface area contributed by atoms with Crippen molar-refractivity contribution in [2.24, 2.45) is 0 Å². The fraction of sp³-hybridized carbons (Fsp3) is 0.444. The van der Waals surface area contributed by atoms with Gasteiger partial charge in [0.05, 0.1) is 7.11 Å². The van der Waals surface area contributed by atoms with Gasteiger partial charge in [-0.05, 0) is 55.2 Å². The van der Waals surface area contributed by atoms with Crippen LogP contribution in [0.25, 0.3) is 0 Å². The molecule has 1 saturated heterocycles. The van der Waals surface area contributed by atoms with Crippen molar-refractivity contribution in [3.63, 3.8) is 0 Å². The van der Waals surface area contributed by atoms with Crippen molar-refractivity contribution >= 4 is 22.6 Å². The van der Waals surface area contributed by atoms with Crippen molar-refractivity contribution in [3.8, 4) is 5.75 Å². The van der Waals surface area contributed by atoms with Crippen LogP contribution in [0.1, 0.15) is 60.4 Å². The number of carbonyl (C=O) groups excluding carboxylic acids is 1. The monoisotopic (exact) mass is 478 g/mol. The van der Waals surface area contributed by atoms with Gasteiger partial charge in [-0.15, -0.1) is 0 Å². The normalized spacial score (nSPS) is 16.0. The van der Waals surface area contributed by atoms with Crippen LogP contribution in [0.4, 0.5) is 5.13 Å². The number of aryl methyl sites for hydroxylation is 1. The molecule has 0 aliphatic carbocycles. The van der Waals surface area contributed by atoms with E-state index in [0.29, 0.717) is 13.0 Å². The zero-order valence-corrected chi connectivity index (χ0v) is 21.2. The molecule has 1 aliphatic heterocycles. The standard InChI is InChI=1S/C27H34N4O2S/c1-4-5-6-8-21-11-13-23(14-12-21)26(32)31-16-15-30(19-20(31)2)27-28-25(29-34-27)18-22-9-7-10-24(17-22)33-3/h7,9-14,17,20H,4-6,8,15-16,18-19H2,1-3H3. The lowest BCUT2D eigenvalue weighted by Gasteiger charge is -2.39. The third-order valence-electron chi connectivity index (χ3n) is 6.38. The number of nitrogens with zero attached hydrogens (tertiary/aromatic N) is 4. The number of rotatable bonds is 9. The van der Waals surface area contributed by atoms with Crippen molar-refractivity contribution in [2.75, 3.05) is 31.6 Å². The van der Waals surface area contributed by atoms with Gasteiger partial charge >= 0.3 is 0 Å². The van der Waals surface area contributed by atoms with Crippen LogP contribution in [0.15, 0.2) is 48.5 Å². The zero-order valence-electron chi connectivity index (χ0n) is 20.4. The Hall–Kier alpha value is -2.93. The van der Waals surface area contributed by atoms with Gasteiger partial charge < -0.3 is 14.5 Å². The Morgan fingerprint density at radius 3 is 2.68 bits per heavy atom. The topological polar surface area (TPSA) is 58.6 Å². The van der Waals surface area contributed by atoms with Gasteiger partial charge in [-0.1, -0.05) is 44.0 Å². The second kappa shape index (κ2) is 11.5. The molecule has 0 radical (unpaired) electrons. The molecule has 2 heterocycles. The van der Waals surface area contributed by atoms with Crippen LogP contribution in [0.2, 0.25) is 0 Å². The van der Waals surface area contributed by atoms with Crippen LogP contribution < -0.4 is 9.64 Å². The predicted octanol–water partition coefficient (Wildman–Crippen LogP) is 5.22. The molecule has 3 aromatic rings. The van der Waals surface area contributed by atoms with Gasteiger partial charge in [-0.2, -0.15) is 4.37 Å². The third-order valence-corrected chi connectivity index (χ3v) is 7.20. The molecule has 1 aromatic heterocycles. The van der Waals surface area contributed by atoms with E-state index in [2.05, 4.69) is 41.3 Å². The fourth-order valence-corrected chi connectivity index (χ4v) is 5.12. The number of carbonyl (C=O) groups is 1. The van der Waals surface area contributed by atoms with Gasteiger partial charge in [0.25, 0.3) is 5.91 Å². The van der Waals surface area contributed by atoms with E-state index in [-0.39, 0.29) is 11.9 Å². The summed E-state index contributed by atoms with van der Waals surface area (Å²) < 4.78 is 9.88. The van der Waals surface area contributed by atoms with E-state index in [1.54, 1.807) is 7.11 Å². The third kappa shape index (κ3) is 5.95. The van der Waals surface area contributed by atoms with Crippen molar-refractivity contribution < 1.29 is 9.53 Å². The van der Waals surface area contributed by atoms with Crippen molar-refractivity contribution in [3.05, 3.63) is 71.0 Å². The number of hydrogen-bond donors (Lipinski definition) is 0. The highest BCUT2D eigenvalue weighted by Gasteiger charge is 2.29. The molecule has 1 unspecified atom stereocenters. The lowest BCUT2D eigenvalue weighted by atomic mass is 10.0. The van der Waals surface area contributed by atoms with Crippen molar-refractivity contribution in [1.82, 2.24) is 14.3 Å². The average Bonchev–Trinajstić information content (AvgIpc) is 3.33. The second-order valence-electron chi connectivity index (χ2n) is 8.97. The van der Waals surface area contributed by atoms with Crippen LogP contribution in [0, 0.1) is 0 Å². The van der Waals surface area contributed by atoms with Crippen molar-refractivity contribution in [2.45, 2.75) is 52.0 Å². The highest BCUT2D eigenvalue weighted by atomic mass is 32.1. The quantitative estimate of drug-likeness (QED) is 0.395. The Labute approximate surface area is 206 Å². The van der Waals surface area contributed by atoms with Gasteiger partial charge in [0.15, 0.2) is 0 Å². The van der Waals surface area contributed by atoms with E-state index in [0.717, 1.165) is 47.3 Å². The molecule has 2 aromatic carbocycles. The molecule has 6 nitrogen and oxygen atoms in total. The molecular weight excluding hydrogens is 444 g/mol. The second-order valence-corrected chi connectivity index (χ2v) is 9.70. The molecule has 0 saturated carbocycles. The molecule has 0 spiro atoms. The highest BCUT2D eigenvalue weighted by Crippen LogP contribution is 2.24. The van der Waals surface area contributed by atoms with Gasteiger partial charge in [-0.25, -0.2) is 4.98 Å². The number of anilines is 1. The first-order valence-corrected chi connectivity index (χ1v) is 12.9. The summed E-state index contributed by atoms with van der Waals surface area (Å²) in [7, 11) is 1.67. The zero-order chi connectivity index (χ0) is 23.9. The summed E-state index contributed by atoms with van der Waals surface area (Å²) in [6, 6.07) is 16.3. The summed E-state index contributed by atoms with van der Waals surface area (Å²) in [6.45, 7) is 6.53. The van der Waals surface area contributed by atoms with E-state index in [1.165, 1.54) is 36.4 Å². The van der Waals surface area contributed by atoms with Crippen molar-refractivity contribution in [1.29, 1.82) is 0 Å². The SMILES string of the molecule is CCCCCc1ccc(C(=O)N2CCN(c3nc(Cc4cccc(OC)c4)ns3)CC2C)cc1. The molecule has 0 bridgehead atoms. The summed E-state index contributed by atoms with van der Waals surface area (Å²) >= 11 is 1.43. The number of amides is 1. The predicted molar refractivity (Wildman–Crippen MR) is 138 cm³/mol. The summed E-state index contributed by atoms with van der Waals surface area (Å²) in [4.78, 5) is 22.2. The van der Waals surface area contributed by atoms with Crippen LogP contribution in [-0.2, 0) is 12.8 Å². The first kappa shape index (κ1) is 24.2. The minimum absolute atomic E-state index is 0.108. The first-order valence-electron chi connectivity index (χ1n) is 12.2. The number of methoxy groups -OCH3 is 1. The summed E-state index contributed by atoms with van der Waals surface area (Å²) in [5.41, 5.74) is 3.21. The Balaban J connectivity index is 1.34. The van der Waals surface area contributed by atoms with Gasteiger partial charge in [0.1, 0.15) is 11.6 Å². The van der Waals surface area contributed by atoms with Gasteiger partial charge in [0.2, 0.25) is 5.13 Å². The molecule has 1 fully saturated rings. The van der Waals surface area contributed by atoms with Crippen LogP contribution >= 0.6 is 11.5 Å². The average molecular weight is 479 g/mol. The minimum Gasteiger partial charge on any atom is -0.497 e. The van der Waals surface area contributed by atoms with E-state index in [1.807, 2.05) is 35.2 Å². The molecule has 34 heavy (non-hydrogen) atoms.